The van der Waals surface area contributed by atoms with Gasteiger partial charge in [0, 0.05) is 16.3 Å². The van der Waals surface area contributed by atoms with Crippen molar-refractivity contribution in [1.29, 1.82) is 5.26 Å². The summed E-state index contributed by atoms with van der Waals surface area (Å²) in [6.07, 6.45) is 2.08. The van der Waals surface area contributed by atoms with E-state index in [9.17, 15) is 0 Å². The molecule has 0 saturated heterocycles. The second-order valence-electron chi connectivity index (χ2n) is 3.23. The first-order chi connectivity index (χ1) is 7.17. The van der Waals surface area contributed by atoms with Gasteiger partial charge in [-0.1, -0.05) is 22.9 Å². The maximum absolute atomic E-state index is 8.95. The van der Waals surface area contributed by atoms with Crippen LogP contribution in [0.15, 0.2) is 22.7 Å². The molecule has 0 bridgehead atoms. The van der Waals surface area contributed by atoms with Crippen LogP contribution in [0.2, 0.25) is 0 Å². The molecule has 0 aliphatic heterocycles. The average molecular weight is 285 g/mol. The maximum Gasteiger partial charge on any atom is 0.101 e. The molecule has 0 aliphatic carbocycles. The summed E-state index contributed by atoms with van der Waals surface area (Å²) in [7, 11) is 0. The quantitative estimate of drug-likeness (QED) is 0.920. The van der Waals surface area contributed by atoms with Crippen molar-refractivity contribution in [2.45, 2.75) is 12.2 Å². The fourth-order valence-electron chi connectivity index (χ4n) is 1.10. The van der Waals surface area contributed by atoms with E-state index in [1.54, 1.807) is 11.8 Å². The number of benzene rings is 1. The van der Waals surface area contributed by atoms with Crippen LogP contribution in [0.25, 0.3) is 0 Å². The van der Waals surface area contributed by atoms with Crippen LogP contribution in [-0.2, 0) is 0 Å². The van der Waals surface area contributed by atoms with Crippen molar-refractivity contribution in [2.75, 3.05) is 18.1 Å². The van der Waals surface area contributed by atoms with Crippen LogP contribution >= 0.6 is 27.7 Å². The van der Waals surface area contributed by atoms with Crippen LogP contribution in [0.3, 0.4) is 0 Å². The number of rotatable bonds is 4. The summed E-state index contributed by atoms with van der Waals surface area (Å²) in [6, 6.07) is 7.87. The van der Waals surface area contributed by atoms with Crippen molar-refractivity contribution in [3.63, 3.8) is 0 Å². The van der Waals surface area contributed by atoms with Gasteiger partial charge in [-0.15, -0.1) is 0 Å². The van der Waals surface area contributed by atoms with Crippen LogP contribution in [0.4, 0.5) is 5.69 Å². The van der Waals surface area contributed by atoms with Crippen LogP contribution in [0.1, 0.15) is 12.5 Å². The molecular weight excluding hydrogens is 272 g/mol. The first kappa shape index (κ1) is 12.4. The Morgan fingerprint density at radius 2 is 2.33 bits per heavy atom. The zero-order valence-corrected chi connectivity index (χ0v) is 11.2. The van der Waals surface area contributed by atoms with Gasteiger partial charge in [0.1, 0.15) is 6.07 Å². The molecule has 80 valence electrons. The number of thioether (sulfide) groups is 1. The Labute approximate surface area is 103 Å². The molecular formula is C11H13BrN2S. The van der Waals surface area contributed by atoms with Crippen molar-refractivity contribution in [1.82, 2.24) is 0 Å². The van der Waals surface area contributed by atoms with Crippen LogP contribution in [0, 0.1) is 11.3 Å². The lowest BCUT2D eigenvalue weighted by molar-refractivity contribution is 1.00. The largest absolute Gasteiger partial charge is 0.383 e. The fourth-order valence-corrected chi connectivity index (χ4v) is 1.71. The van der Waals surface area contributed by atoms with E-state index in [1.165, 1.54) is 0 Å². The molecule has 4 heteroatoms. The summed E-state index contributed by atoms with van der Waals surface area (Å²) >= 11 is 5.15. The Morgan fingerprint density at radius 3 is 2.93 bits per heavy atom. The molecule has 0 amide bonds. The normalized spacial score (nSPS) is 11.9. The topological polar surface area (TPSA) is 35.8 Å². The number of nitrogens with zero attached hydrogens (tertiary/aromatic N) is 1. The van der Waals surface area contributed by atoms with Gasteiger partial charge in [-0.05, 0) is 24.5 Å². The number of hydrogen-bond donors (Lipinski definition) is 1. The highest BCUT2D eigenvalue weighted by Crippen LogP contribution is 2.20. The molecule has 1 unspecified atom stereocenters. The summed E-state index contributed by atoms with van der Waals surface area (Å²) in [5, 5.41) is 12.8. The van der Waals surface area contributed by atoms with Gasteiger partial charge in [0.15, 0.2) is 0 Å². The highest BCUT2D eigenvalue weighted by molar-refractivity contribution is 9.10. The Kier molecular flexibility index (Phi) is 5.00. The number of halogens is 1. The highest BCUT2D eigenvalue weighted by atomic mass is 79.9. The average Bonchev–Trinajstić information content (AvgIpc) is 2.26. The van der Waals surface area contributed by atoms with Crippen LogP contribution < -0.4 is 5.32 Å². The Hall–Kier alpha value is -0.660. The van der Waals surface area contributed by atoms with E-state index in [0.29, 0.717) is 10.8 Å². The number of nitriles is 1. The van der Waals surface area contributed by atoms with Gasteiger partial charge in [0.2, 0.25) is 0 Å². The minimum absolute atomic E-state index is 0.542. The van der Waals surface area contributed by atoms with Gasteiger partial charge in [-0.25, -0.2) is 0 Å². The lowest BCUT2D eigenvalue weighted by atomic mass is 10.2. The van der Waals surface area contributed by atoms with Gasteiger partial charge in [0.25, 0.3) is 0 Å². The molecule has 0 fully saturated rings. The van der Waals surface area contributed by atoms with Gasteiger partial charge < -0.3 is 5.32 Å². The molecule has 2 nitrogen and oxygen atoms in total. The predicted octanol–water partition coefficient (Wildman–Crippen LogP) is 3.48. The van der Waals surface area contributed by atoms with Crippen LogP contribution in [-0.4, -0.2) is 18.1 Å². The molecule has 1 atom stereocenters. The predicted molar refractivity (Wildman–Crippen MR) is 70.3 cm³/mol. The van der Waals surface area contributed by atoms with Crippen molar-refractivity contribution >= 4 is 33.4 Å². The van der Waals surface area contributed by atoms with Crippen molar-refractivity contribution in [3.05, 3.63) is 28.2 Å². The zero-order valence-electron chi connectivity index (χ0n) is 8.75. The smallest absolute Gasteiger partial charge is 0.101 e. The van der Waals surface area contributed by atoms with E-state index >= 15 is 0 Å². The molecule has 0 spiro atoms. The van der Waals surface area contributed by atoms with Gasteiger partial charge in [-0.3, -0.25) is 0 Å². The van der Waals surface area contributed by atoms with Gasteiger partial charge in [-0.2, -0.15) is 17.0 Å². The number of hydrogen-bond acceptors (Lipinski definition) is 3. The third kappa shape index (κ3) is 3.77. The van der Waals surface area contributed by atoms with E-state index < -0.39 is 0 Å². The van der Waals surface area contributed by atoms with E-state index in [4.69, 9.17) is 5.26 Å². The fraction of sp³-hybridized carbons (Fsp3) is 0.364. The van der Waals surface area contributed by atoms with E-state index in [1.807, 2.05) is 18.2 Å². The first-order valence-corrected chi connectivity index (χ1v) is 6.71. The van der Waals surface area contributed by atoms with Crippen molar-refractivity contribution in [2.24, 2.45) is 0 Å². The molecule has 1 rings (SSSR count). The standard InChI is InChI=1S/C11H13BrN2S/c1-8(15-2)7-14-11-4-3-10(12)5-9(11)6-13/h3-5,8,14H,7H2,1-2H3. The summed E-state index contributed by atoms with van der Waals surface area (Å²) in [5.74, 6) is 0. The number of anilines is 1. The lowest BCUT2D eigenvalue weighted by Crippen LogP contribution is -2.13. The summed E-state index contributed by atoms with van der Waals surface area (Å²) in [6.45, 7) is 3.03. The molecule has 15 heavy (non-hydrogen) atoms. The minimum atomic E-state index is 0.542. The molecule has 0 aliphatic rings. The molecule has 1 aromatic rings. The maximum atomic E-state index is 8.95. The van der Waals surface area contributed by atoms with E-state index in [-0.39, 0.29) is 0 Å². The lowest BCUT2D eigenvalue weighted by Gasteiger charge is -2.12. The zero-order chi connectivity index (χ0) is 11.3. The monoisotopic (exact) mass is 284 g/mol. The molecule has 0 aromatic heterocycles. The first-order valence-electron chi connectivity index (χ1n) is 4.63. The third-order valence-corrected chi connectivity index (χ3v) is 3.55. The molecule has 0 radical (unpaired) electrons. The van der Waals surface area contributed by atoms with Gasteiger partial charge >= 0.3 is 0 Å². The third-order valence-electron chi connectivity index (χ3n) is 2.08. The molecule has 0 heterocycles. The Bertz CT molecular complexity index is 373. The van der Waals surface area contributed by atoms with E-state index in [0.717, 1.165) is 16.7 Å². The SMILES string of the molecule is CSC(C)CNc1ccc(Br)cc1C#N. The Balaban J connectivity index is 2.73. The second-order valence-corrected chi connectivity index (χ2v) is 5.42. The molecule has 1 N–H and O–H groups in total. The summed E-state index contributed by atoms with van der Waals surface area (Å²) in [4.78, 5) is 0. The minimum Gasteiger partial charge on any atom is -0.383 e. The van der Waals surface area contributed by atoms with E-state index in [2.05, 4.69) is 40.5 Å². The Morgan fingerprint density at radius 1 is 1.60 bits per heavy atom. The van der Waals surface area contributed by atoms with Crippen molar-refractivity contribution < 1.29 is 0 Å². The van der Waals surface area contributed by atoms with Gasteiger partial charge in [0.05, 0.1) is 11.3 Å². The molecule has 0 saturated carbocycles. The highest BCUT2D eigenvalue weighted by Gasteiger charge is 2.04. The number of nitrogens with one attached hydrogen (secondary N) is 1. The summed E-state index contributed by atoms with van der Waals surface area (Å²) in [5.41, 5.74) is 1.58. The summed E-state index contributed by atoms with van der Waals surface area (Å²) < 4.78 is 0.933. The van der Waals surface area contributed by atoms with Crippen LogP contribution in [0.5, 0.6) is 0 Å². The second kappa shape index (κ2) is 6.04. The van der Waals surface area contributed by atoms with Crippen molar-refractivity contribution in [3.8, 4) is 6.07 Å². The molecule has 1 aromatic carbocycles.